The van der Waals surface area contributed by atoms with Gasteiger partial charge in [-0.25, -0.2) is 9.37 Å². The highest BCUT2D eigenvalue weighted by molar-refractivity contribution is 6.30. The van der Waals surface area contributed by atoms with Crippen LogP contribution in [0.2, 0.25) is 5.02 Å². The van der Waals surface area contributed by atoms with E-state index < -0.39 is 5.82 Å². The van der Waals surface area contributed by atoms with Crippen molar-refractivity contribution >= 4 is 11.6 Å². The van der Waals surface area contributed by atoms with Gasteiger partial charge in [0.2, 0.25) is 0 Å². The Morgan fingerprint density at radius 1 is 1.48 bits per heavy atom. The van der Waals surface area contributed by atoms with Gasteiger partial charge in [0.15, 0.2) is 0 Å². The smallest absolute Gasteiger partial charge is 0.142 e. The zero-order valence-corrected chi connectivity index (χ0v) is 12.5. The van der Waals surface area contributed by atoms with Crippen molar-refractivity contribution in [1.29, 1.82) is 0 Å². The molecular formula is C15H17ClFN3O. The molecule has 112 valence electrons. The lowest BCUT2D eigenvalue weighted by atomic mass is 10.0. The number of aliphatic hydroxyl groups excluding tert-OH is 1. The molecule has 0 spiro atoms. The molecule has 1 aliphatic heterocycles. The molecule has 2 aromatic rings. The molecule has 1 aromatic carbocycles. The van der Waals surface area contributed by atoms with Gasteiger partial charge in [0.05, 0.1) is 23.7 Å². The molecule has 3 rings (SSSR count). The lowest BCUT2D eigenvalue weighted by molar-refractivity contribution is 0.0967. The Morgan fingerprint density at radius 3 is 3.00 bits per heavy atom. The molecule has 0 aliphatic carbocycles. The van der Waals surface area contributed by atoms with Gasteiger partial charge in [-0.05, 0) is 17.7 Å². The molecule has 0 saturated heterocycles. The van der Waals surface area contributed by atoms with E-state index in [1.165, 1.54) is 6.07 Å². The molecule has 2 heterocycles. The molecule has 4 nitrogen and oxygen atoms in total. The van der Waals surface area contributed by atoms with Gasteiger partial charge < -0.3 is 9.67 Å². The number of nitrogens with zero attached hydrogens (tertiary/aromatic N) is 3. The fraction of sp³-hybridized carbons (Fsp3) is 0.400. The highest BCUT2D eigenvalue weighted by Gasteiger charge is 2.28. The molecule has 1 aliphatic rings. The predicted molar refractivity (Wildman–Crippen MR) is 78.4 cm³/mol. The number of aliphatic hydroxyl groups is 1. The van der Waals surface area contributed by atoms with Crippen molar-refractivity contribution in [2.75, 3.05) is 6.61 Å². The molecule has 1 N–H and O–H groups in total. The lowest BCUT2D eigenvalue weighted by Crippen LogP contribution is -2.42. The van der Waals surface area contributed by atoms with Crippen molar-refractivity contribution in [2.24, 2.45) is 7.05 Å². The summed E-state index contributed by atoms with van der Waals surface area (Å²) < 4.78 is 15.5. The van der Waals surface area contributed by atoms with E-state index >= 15 is 0 Å². The van der Waals surface area contributed by atoms with E-state index in [1.807, 2.05) is 17.7 Å². The number of hydrogen-bond acceptors (Lipinski definition) is 3. The molecule has 0 radical (unpaired) electrons. The summed E-state index contributed by atoms with van der Waals surface area (Å²) in [6.45, 7) is 1.29. The second kappa shape index (κ2) is 5.75. The van der Waals surface area contributed by atoms with Gasteiger partial charge >= 0.3 is 0 Å². The van der Waals surface area contributed by atoms with Crippen LogP contribution in [-0.2, 0) is 26.6 Å². The number of aromatic nitrogens is 2. The third-order valence-corrected chi connectivity index (χ3v) is 4.33. The monoisotopic (exact) mass is 309 g/mol. The number of aryl methyl sites for hydroxylation is 1. The van der Waals surface area contributed by atoms with Crippen molar-refractivity contribution in [3.05, 3.63) is 52.3 Å². The van der Waals surface area contributed by atoms with E-state index in [-0.39, 0.29) is 17.7 Å². The summed E-state index contributed by atoms with van der Waals surface area (Å²) in [4.78, 5) is 6.52. The third kappa shape index (κ3) is 2.81. The fourth-order valence-electron chi connectivity index (χ4n) is 2.81. The van der Waals surface area contributed by atoms with Gasteiger partial charge in [-0.15, -0.1) is 0 Å². The SMILES string of the molecule is Cn1cnc2c1C[C@H](CO)N(Cc1ccc(Cl)c(F)c1)C2. The van der Waals surface area contributed by atoms with Gasteiger partial charge in [0.1, 0.15) is 5.82 Å². The van der Waals surface area contributed by atoms with E-state index in [0.717, 1.165) is 23.4 Å². The van der Waals surface area contributed by atoms with Crippen LogP contribution in [0.5, 0.6) is 0 Å². The number of fused-ring (bicyclic) bond motifs is 1. The molecule has 1 aromatic heterocycles. The Hall–Kier alpha value is -1.43. The van der Waals surface area contributed by atoms with E-state index in [2.05, 4.69) is 9.88 Å². The number of halogens is 2. The summed E-state index contributed by atoms with van der Waals surface area (Å²) in [7, 11) is 1.96. The van der Waals surface area contributed by atoms with Crippen LogP contribution >= 0.6 is 11.6 Å². The summed E-state index contributed by atoms with van der Waals surface area (Å²) in [5.41, 5.74) is 3.03. The van der Waals surface area contributed by atoms with Crippen molar-refractivity contribution < 1.29 is 9.50 Å². The zero-order chi connectivity index (χ0) is 15.0. The maximum atomic E-state index is 13.5. The third-order valence-electron chi connectivity index (χ3n) is 4.02. The maximum absolute atomic E-state index is 13.5. The standard InChI is InChI=1S/C15H17ClFN3O/c1-19-9-18-14-7-20(11(8-21)5-15(14)19)6-10-2-3-12(16)13(17)4-10/h2-4,9,11,21H,5-8H2,1H3/t11-/m1/s1. The minimum atomic E-state index is -0.412. The Bertz CT molecular complexity index is 658. The fourth-order valence-corrected chi connectivity index (χ4v) is 2.93. The lowest BCUT2D eigenvalue weighted by Gasteiger charge is -2.34. The van der Waals surface area contributed by atoms with Crippen molar-refractivity contribution in [3.8, 4) is 0 Å². The highest BCUT2D eigenvalue weighted by atomic mass is 35.5. The minimum absolute atomic E-state index is 0.0200. The molecule has 0 unspecified atom stereocenters. The van der Waals surface area contributed by atoms with Crippen molar-refractivity contribution in [2.45, 2.75) is 25.6 Å². The molecule has 0 saturated carbocycles. The maximum Gasteiger partial charge on any atom is 0.142 e. The largest absolute Gasteiger partial charge is 0.395 e. The molecule has 0 amide bonds. The summed E-state index contributed by atoms with van der Waals surface area (Å²) in [5.74, 6) is -0.412. The van der Waals surface area contributed by atoms with Crippen LogP contribution in [0.25, 0.3) is 0 Å². The predicted octanol–water partition coefficient (Wildman–Crippen LogP) is 2.13. The quantitative estimate of drug-likeness (QED) is 0.944. The van der Waals surface area contributed by atoms with E-state index in [1.54, 1.807) is 12.4 Å². The summed E-state index contributed by atoms with van der Waals surface area (Å²) >= 11 is 5.71. The summed E-state index contributed by atoms with van der Waals surface area (Å²) in [6.07, 6.45) is 2.54. The molecular weight excluding hydrogens is 293 g/mol. The van der Waals surface area contributed by atoms with E-state index in [9.17, 15) is 9.50 Å². The van der Waals surface area contributed by atoms with Crippen LogP contribution in [0.1, 0.15) is 17.0 Å². The van der Waals surface area contributed by atoms with Crippen LogP contribution < -0.4 is 0 Å². The highest BCUT2D eigenvalue weighted by Crippen LogP contribution is 2.24. The number of rotatable bonds is 3. The zero-order valence-electron chi connectivity index (χ0n) is 11.8. The first-order valence-electron chi connectivity index (χ1n) is 6.86. The van der Waals surface area contributed by atoms with Crippen LogP contribution in [0.15, 0.2) is 24.5 Å². The van der Waals surface area contributed by atoms with Crippen LogP contribution in [-0.4, -0.2) is 32.2 Å². The van der Waals surface area contributed by atoms with E-state index in [0.29, 0.717) is 13.1 Å². The molecule has 6 heteroatoms. The Balaban J connectivity index is 1.82. The summed E-state index contributed by atoms with van der Waals surface area (Å²) in [5, 5.41) is 9.75. The Labute approximate surface area is 127 Å². The van der Waals surface area contributed by atoms with Crippen LogP contribution in [0, 0.1) is 5.82 Å². The number of imidazole rings is 1. The summed E-state index contributed by atoms with van der Waals surface area (Å²) in [6, 6.07) is 4.85. The minimum Gasteiger partial charge on any atom is -0.395 e. The average molecular weight is 310 g/mol. The Morgan fingerprint density at radius 2 is 2.29 bits per heavy atom. The number of benzene rings is 1. The van der Waals surface area contributed by atoms with Gasteiger partial charge in [-0.1, -0.05) is 17.7 Å². The van der Waals surface area contributed by atoms with Crippen LogP contribution in [0.3, 0.4) is 0 Å². The molecule has 1 atom stereocenters. The normalized spacial score (nSPS) is 18.8. The Kier molecular flexibility index (Phi) is 3.97. The van der Waals surface area contributed by atoms with Gasteiger partial charge in [-0.2, -0.15) is 0 Å². The molecule has 21 heavy (non-hydrogen) atoms. The van der Waals surface area contributed by atoms with Crippen molar-refractivity contribution in [1.82, 2.24) is 14.5 Å². The molecule has 0 fully saturated rings. The van der Waals surface area contributed by atoms with E-state index in [4.69, 9.17) is 11.6 Å². The van der Waals surface area contributed by atoms with Crippen LogP contribution in [0.4, 0.5) is 4.39 Å². The topological polar surface area (TPSA) is 41.3 Å². The second-order valence-electron chi connectivity index (χ2n) is 5.44. The van der Waals surface area contributed by atoms with Crippen molar-refractivity contribution in [3.63, 3.8) is 0 Å². The first-order chi connectivity index (χ1) is 10.1. The van der Waals surface area contributed by atoms with Gasteiger partial charge in [-0.3, -0.25) is 4.90 Å². The second-order valence-corrected chi connectivity index (χ2v) is 5.85. The number of hydrogen-bond donors (Lipinski definition) is 1. The average Bonchev–Trinajstić information content (AvgIpc) is 2.83. The first kappa shape index (κ1) is 14.5. The van der Waals surface area contributed by atoms with Gasteiger partial charge in [0, 0.05) is 38.3 Å². The first-order valence-corrected chi connectivity index (χ1v) is 7.24. The molecule has 0 bridgehead atoms. The van der Waals surface area contributed by atoms with Gasteiger partial charge in [0.25, 0.3) is 0 Å².